The molecule has 0 bridgehead atoms. The number of rotatable bonds is 6. The molecule has 0 saturated heterocycles. The number of benzene rings is 2. The van der Waals surface area contributed by atoms with Crippen molar-refractivity contribution >= 4 is 28.3 Å². The van der Waals surface area contributed by atoms with E-state index in [1.807, 2.05) is 18.2 Å². The van der Waals surface area contributed by atoms with E-state index in [0.29, 0.717) is 12.2 Å². The first-order valence-corrected chi connectivity index (χ1v) is 8.63. The zero-order chi connectivity index (χ0) is 19.5. The predicted molar refractivity (Wildman–Crippen MR) is 103 cm³/mol. The summed E-state index contributed by atoms with van der Waals surface area (Å²) >= 11 is 0. The molecule has 0 atom stereocenters. The number of carboxylic acids is 1. The molecule has 0 aliphatic heterocycles. The van der Waals surface area contributed by atoms with Crippen LogP contribution >= 0.6 is 0 Å². The highest BCUT2D eigenvalue weighted by atomic mass is 16.4. The van der Waals surface area contributed by atoms with Gasteiger partial charge in [-0.15, -0.1) is 0 Å². The van der Waals surface area contributed by atoms with Crippen LogP contribution in [0.1, 0.15) is 15.9 Å². The highest BCUT2D eigenvalue weighted by Crippen LogP contribution is 2.19. The summed E-state index contributed by atoms with van der Waals surface area (Å²) in [6.45, 7) is 0.500. The third kappa shape index (κ3) is 3.75. The Morgan fingerprint density at radius 1 is 0.964 bits per heavy atom. The summed E-state index contributed by atoms with van der Waals surface area (Å²) in [7, 11) is 0. The maximum absolute atomic E-state index is 12.1. The molecule has 2 N–H and O–H groups in total. The highest BCUT2D eigenvalue weighted by Gasteiger charge is 2.10. The van der Waals surface area contributed by atoms with Crippen LogP contribution in [0.4, 0.5) is 5.69 Å². The second-order valence-corrected chi connectivity index (χ2v) is 6.34. The smallest absolute Gasteiger partial charge is 0.338 e. The van der Waals surface area contributed by atoms with Crippen molar-refractivity contribution in [3.8, 4) is 0 Å². The molecule has 2 aromatic carbocycles. The number of nitrogens with zero attached hydrogens (tertiary/aromatic N) is 4. The number of fused-ring (bicyclic) bond motifs is 1. The summed E-state index contributed by atoms with van der Waals surface area (Å²) in [5.41, 5.74) is 1.74. The SMILES string of the molecule is O=C(Cn1cc(C(=O)O)cn1)Nc1cnn(Cc2cccc3ccccc23)c1. The van der Waals surface area contributed by atoms with Crippen molar-refractivity contribution in [1.29, 1.82) is 0 Å². The van der Waals surface area contributed by atoms with Crippen molar-refractivity contribution in [3.05, 3.63) is 78.4 Å². The Kier molecular flexibility index (Phi) is 4.59. The molecule has 0 unspecified atom stereocenters. The van der Waals surface area contributed by atoms with E-state index in [0.717, 1.165) is 5.56 Å². The van der Waals surface area contributed by atoms with Gasteiger partial charge in [0.2, 0.25) is 5.91 Å². The number of carboxylic acid groups (broad SMARTS) is 1. The summed E-state index contributed by atoms with van der Waals surface area (Å²) < 4.78 is 3.03. The molecular formula is C20H17N5O3. The van der Waals surface area contributed by atoms with E-state index in [2.05, 4.69) is 39.8 Å². The van der Waals surface area contributed by atoms with Gasteiger partial charge < -0.3 is 10.4 Å². The van der Waals surface area contributed by atoms with Crippen molar-refractivity contribution < 1.29 is 14.7 Å². The lowest BCUT2D eigenvalue weighted by Crippen LogP contribution is -2.18. The molecular weight excluding hydrogens is 358 g/mol. The number of carbonyl (C=O) groups is 2. The van der Waals surface area contributed by atoms with E-state index >= 15 is 0 Å². The fourth-order valence-electron chi connectivity index (χ4n) is 3.03. The Balaban J connectivity index is 1.42. The van der Waals surface area contributed by atoms with Gasteiger partial charge in [0.15, 0.2) is 0 Å². The summed E-state index contributed by atoms with van der Waals surface area (Å²) in [5, 5.41) is 22.1. The van der Waals surface area contributed by atoms with Gasteiger partial charge in [-0.3, -0.25) is 14.2 Å². The maximum Gasteiger partial charge on any atom is 0.338 e. The third-order valence-electron chi connectivity index (χ3n) is 4.32. The molecule has 0 spiro atoms. The maximum atomic E-state index is 12.1. The summed E-state index contributed by atoms with van der Waals surface area (Å²) in [5.74, 6) is -1.40. The fraction of sp³-hybridized carbons (Fsp3) is 0.100. The zero-order valence-corrected chi connectivity index (χ0v) is 14.8. The summed E-state index contributed by atoms with van der Waals surface area (Å²) in [6, 6.07) is 14.3. The minimum Gasteiger partial charge on any atom is -0.478 e. The molecule has 0 aliphatic rings. The molecule has 0 radical (unpaired) electrons. The van der Waals surface area contributed by atoms with Crippen LogP contribution in [0.15, 0.2) is 67.3 Å². The van der Waals surface area contributed by atoms with Crippen LogP contribution in [0.25, 0.3) is 10.8 Å². The standard InChI is InChI=1S/C20H17N5O3/c26-19(13-25-11-16(8-21-25)20(27)28)23-17-9-22-24(12-17)10-15-6-3-5-14-4-1-2-7-18(14)15/h1-9,11-12H,10,13H2,(H,23,26)(H,27,28). The summed E-state index contributed by atoms with van der Waals surface area (Å²) in [6.07, 6.45) is 5.85. The number of carbonyl (C=O) groups excluding carboxylic acids is 1. The van der Waals surface area contributed by atoms with Gasteiger partial charge in [0.1, 0.15) is 6.54 Å². The number of hydrogen-bond donors (Lipinski definition) is 2. The van der Waals surface area contributed by atoms with Crippen LogP contribution < -0.4 is 5.32 Å². The molecule has 0 saturated carbocycles. The molecule has 4 aromatic rings. The Labute approximate surface area is 160 Å². The first-order chi connectivity index (χ1) is 13.6. The monoisotopic (exact) mass is 375 g/mol. The van der Waals surface area contributed by atoms with Crippen molar-refractivity contribution in [2.75, 3.05) is 5.32 Å². The van der Waals surface area contributed by atoms with E-state index < -0.39 is 5.97 Å². The Bertz CT molecular complexity index is 1160. The van der Waals surface area contributed by atoms with E-state index in [1.165, 1.54) is 27.8 Å². The lowest BCUT2D eigenvalue weighted by Gasteiger charge is -2.06. The van der Waals surface area contributed by atoms with Crippen LogP contribution in [0.5, 0.6) is 0 Å². The molecule has 2 heterocycles. The molecule has 8 nitrogen and oxygen atoms in total. The van der Waals surface area contributed by atoms with Crippen LogP contribution in [0.3, 0.4) is 0 Å². The Morgan fingerprint density at radius 2 is 1.75 bits per heavy atom. The second kappa shape index (κ2) is 7.36. The molecule has 1 amide bonds. The largest absolute Gasteiger partial charge is 0.478 e. The van der Waals surface area contributed by atoms with Gasteiger partial charge in [0, 0.05) is 12.4 Å². The minimum absolute atomic E-state index is 0.0377. The molecule has 0 aliphatic carbocycles. The molecule has 28 heavy (non-hydrogen) atoms. The lowest BCUT2D eigenvalue weighted by molar-refractivity contribution is -0.116. The van der Waals surface area contributed by atoms with E-state index in [4.69, 9.17) is 5.11 Å². The lowest BCUT2D eigenvalue weighted by atomic mass is 10.0. The van der Waals surface area contributed by atoms with Gasteiger partial charge in [-0.05, 0) is 16.3 Å². The van der Waals surface area contributed by atoms with Crippen LogP contribution in [0, 0.1) is 0 Å². The normalized spacial score (nSPS) is 10.9. The third-order valence-corrected chi connectivity index (χ3v) is 4.32. The van der Waals surface area contributed by atoms with Crippen LogP contribution in [-0.4, -0.2) is 36.5 Å². The topological polar surface area (TPSA) is 102 Å². The number of aromatic nitrogens is 4. The number of hydrogen-bond acceptors (Lipinski definition) is 4. The average Bonchev–Trinajstić information content (AvgIpc) is 3.32. The molecule has 8 heteroatoms. The van der Waals surface area contributed by atoms with Crippen molar-refractivity contribution in [2.24, 2.45) is 0 Å². The predicted octanol–water partition coefficient (Wildman–Crippen LogP) is 2.62. The van der Waals surface area contributed by atoms with Gasteiger partial charge in [-0.1, -0.05) is 42.5 Å². The quantitative estimate of drug-likeness (QED) is 0.539. The van der Waals surface area contributed by atoms with Gasteiger partial charge in [0.25, 0.3) is 0 Å². The first-order valence-electron chi connectivity index (χ1n) is 8.63. The first kappa shape index (κ1) is 17.5. The van der Waals surface area contributed by atoms with Gasteiger partial charge in [-0.2, -0.15) is 10.2 Å². The number of anilines is 1. The molecule has 0 fully saturated rings. The van der Waals surface area contributed by atoms with Gasteiger partial charge in [-0.25, -0.2) is 4.79 Å². The van der Waals surface area contributed by atoms with Crippen LogP contribution in [-0.2, 0) is 17.9 Å². The molecule has 2 aromatic heterocycles. The van der Waals surface area contributed by atoms with Crippen LogP contribution in [0.2, 0.25) is 0 Å². The van der Waals surface area contributed by atoms with Gasteiger partial charge >= 0.3 is 5.97 Å². The number of aromatic carboxylic acids is 1. The number of amides is 1. The van der Waals surface area contributed by atoms with Gasteiger partial charge in [0.05, 0.1) is 30.2 Å². The summed E-state index contributed by atoms with van der Waals surface area (Å²) in [4.78, 5) is 23.0. The Hall–Kier alpha value is -3.94. The highest BCUT2D eigenvalue weighted by molar-refractivity contribution is 5.91. The van der Waals surface area contributed by atoms with E-state index in [-0.39, 0.29) is 18.0 Å². The van der Waals surface area contributed by atoms with Crippen molar-refractivity contribution in [3.63, 3.8) is 0 Å². The average molecular weight is 375 g/mol. The van der Waals surface area contributed by atoms with Crippen molar-refractivity contribution in [1.82, 2.24) is 19.6 Å². The fourth-order valence-corrected chi connectivity index (χ4v) is 3.03. The molecule has 4 rings (SSSR count). The van der Waals surface area contributed by atoms with E-state index in [9.17, 15) is 9.59 Å². The second-order valence-electron chi connectivity index (χ2n) is 6.34. The molecule has 140 valence electrons. The Morgan fingerprint density at radius 3 is 2.57 bits per heavy atom. The zero-order valence-electron chi connectivity index (χ0n) is 14.8. The number of nitrogens with one attached hydrogen (secondary N) is 1. The van der Waals surface area contributed by atoms with Crippen molar-refractivity contribution in [2.45, 2.75) is 13.1 Å². The van der Waals surface area contributed by atoms with E-state index in [1.54, 1.807) is 17.1 Å². The minimum atomic E-state index is -1.08.